The molecule has 216 valence electrons. The number of nitrogens with one attached hydrogen (secondary N) is 1. The number of likely N-dealkylation sites (tertiary alicyclic amines) is 1. The predicted octanol–water partition coefficient (Wildman–Crippen LogP) is 4.09. The summed E-state index contributed by atoms with van der Waals surface area (Å²) in [6.07, 6.45) is 4.61. The Morgan fingerprint density at radius 1 is 1.00 bits per heavy atom. The van der Waals surface area contributed by atoms with Crippen LogP contribution < -0.4 is 19.2 Å². The molecule has 0 unspecified atom stereocenters. The first-order valence-corrected chi connectivity index (χ1v) is 14.8. The maximum absolute atomic E-state index is 13.5. The van der Waals surface area contributed by atoms with E-state index in [4.69, 9.17) is 21.1 Å². The van der Waals surface area contributed by atoms with E-state index in [2.05, 4.69) is 10.5 Å². The van der Waals surface area contributed by atoms with Gasteiger partial charge in [-0.3, -0.25) is 13.9 Å². The van der Waals surface area contributed by atoms with Crippen molar-refractivity contribution in [1.29, 1.82) is 0 Å². The van der Waals surface area contributed by atoms with Gasteiger partial charge in [0.05, 0.1) is 23.9 Å². The number of carbonyl (C=O) groups is 2. The van der Waals surface area contributed by atoms with Gasteiger partial charge in [-0.2, -0.15) is 5.10 Å². The fraction of sp³-hybridized carbons (Fsp3) is 0.276. The van der Waals surface area contributed by atoms with Crippen LogP contribution in [0.4, 0.5) is 5.69 Å². The molecule has 0 atom stereocenters. The monoisotopic (exact) mass is 598 g/mol. The van der Waals surface area contributed by atoms with Crippen molar-refractivity contribution in [2.45, 2.75) is 24.2 Å². The number of ether oxygens (including phenoxy) is 2. The van der Waals surface area contributed by atoms with Crippen molar-refractivity contribution in [1.82, 2.24) is 10.3 Å². The smallest absolute Gasteiger partial charge is 0.264 e. The first-order valence-electron chi connectivity index (χ1n) is 13.0. The van der Waals surface area contributed by atoms with Crippen LogP contribution in [0.5, 0.6) is 11.5 Å². The molecule has 0 spiro atoms. The minimum atomic E-state index is -4.13. The summed E-state index contributed by atoms with van der Waals surface area (Å²) in [5.41, 5.74) is 3.26. The molecule has 3 aromatic carbocycles. The van der Waals surface area contributed by atoms with Crippen LogP contribution in [0.1, 0.15) is 24.8 Å². The van der Waals surface area contributed by atoms with Crippen molar-refractivity contribution in [3.8, 4) is 11.5 Å². The van der Waals surface area contributed by atoms with E-state index in [1.165, 1.54) is 43.7 Å². The van der Waals surface area contributed by atoms with Gasteiger partial charge in [-0.05, 0) is 91.6 Å². The number of amides is 2. The molecular formula is C29H31ClN4O6S. The Morgan fingerprint density at radius 3 is 2.34 bits per heavy atom. The van der Waals surface area contributed by atoms with Crippen LogP contribution in [-0.2, 0) is 19.6 Å². The molecule has 10 nitrogen and oxygen atoms in total. The van der Waals surface area contributed by atoms with E-state index in [1.54, 1.807) is 42.5 Å². The number of hydrogen-bond donors (Lipinski definition) is 1. The van der Waals surface area contributed by atoms with Gasteiger partial charge in [0.1, 0.15) is 18.0 Å². The second kappa shape index (κ2) is 14.0. The van der Waals surface area contributed by atoms with Gasteiger partial charge in [0.15, 0.2) is 6.61 Å². The van der Waals surface area contributed by atoms with Gasteiger partial charge in [-0.25, -0.2) is 13.8 Å². The van der Waals surface area contributed by atoms with Crippen molar-refractivity contribution in [3.63, 3.8) is 0 Å². The lowest BCUT2D eigenvalue weighted by molar-refractivity contribution is -0.134. The fourth-order valence-electron chi connectivity index (χ4n) is 4.20. The van der Waals surface area contributed by atoms with Crippen LogP contribution in [0, 0.1) is 0 Å². The van der Waals surface area contributed by atoms with Gasteiger partial charge in [0.2, 0.25) is 0 Å². The van der Waals surface area contributed by atoms with E-state index in [1.807, 2.05) is 4.90 Å². The summed E-state index contributed by atoms with van der Waals surface area (Å²) in [7, 11) is -2.65. The third kappa shape index (κ3) is 8.21. The third-order valence-corrected chi connectivity index (χ3v) is 8.41. The Morgan fingerprint density at radius 2 is 1.68 bits per heavy atom. The molecule has 0 saturated carbocycles. The molecule has 0 aromatic heterocycles. The summed E-state index contributed by atoms with van der Waals surface area (Å²) in [6, 6.07) is 18.9. The Labute approximate surface area is 244 Å². The Hall–Kier alpha value is -4.09. The molecule has 0 bridgehead atoms. The molecule has 1 saturated heterocycles. The topological polar surface area (TPSA) is 118 Å². The second-order valence-electron chi connectivity index (χ2n) is 9.26. The summed E-state index contributed by atoms with van der Waals surface area (Å²) in [5.74, 6) is 0.349. The number of piperidine rings is 1. The molecule has 1 aliphatic heterocycles. The summed E-state index contributed by atoms with van der Waals surface area (Å²) in [6.45, 7) is 0.983. The summed E-state index contributed by atoms with van der Waals surface area (Å²) in [5, 5.41) is 4.28. The van der Waals surface area contributed by atoms with Gasteiger partial charge in [-0.1, -0.05) is 17.7 Å². The van der Waals surface area contributed by atoms with Gasteiger partial charge in [0, 0.05) is 18.1 Å². The molecule has 4 rings (SSSR count). The van der Waals surface area contributed by atoms with Gasteiger partial charge in [0.25, 0.3) is 21.8 Å². The zero-order valence-electron chi connectivity index (χ0n) is 22.5. The van der Waals surface area contributed by atoms with Crippen LogP contribution in [-0.4, -0.2) is 64.7 Å². The largest absolute Gasteiger partial charge is 0.497 e. The van der Waals surface area contributed by atoms with Crippen LogP contribution in [0.3, 0.4) is 0 Å². The molecule has 1 fully saturated rings. The lowest BCUT2D eigenvalue weighted by atomic mass is 10.1. The van der Waals surface area contributed by atoms with E-state index in [0.29, 0.717) is 22.1 Å². The van der Waals surface area contributed by atoms with E-state index < -0.39 is 22.5 Å². The first-order chi connectivity index (χ1) is 19.8. The molecule has 1 N–H and O–H groups in total. The predicted molar refractivity (Wildman–Crippen MR) is 157 cm³/mol. The quantitative estimate of drug-likeness (QED) is 0.262. The minimum absolute atomic E-state index is 0.0190. The average Bonchev–Trinajstić information content (AvgIpc) is 2.99. The van der Waals surface area contributed by atoms with Gasteiger partial charge in [-0.15, -0.1) is 0 Å². The van der Waals surface area contributed by atoms with E-state index in [-0.39, 0.29) is 23.1 Å². The lowest BCUT2D eigenvalue weighted by Crippen LogP contribution is -2.39. The average molecular weight is 599 g/mol. The van der Waals surface area contributed by atoms with Gasteiger partial charge >= 0.3 is 0 Å². The van der Waals surface area contributed by atoms with Crippen molar-refractivity contribution < 1.29 is 27.5 Å². The normalized spacial score (nSPS) is 13.6. The number of anilines is 1. The van der Waals surface area contributed by atoms with Crippen molar-refractivity contribution >= 4 is 45.3 Å². The Balaban J connectivity index is 1.37. The van der Waals surface area contributed by atoms with Crippen LogP contribution in [0.2, 0.25) is 5.02 Å². The molecule has 1 heterocycles. The molecule has 0 radical (unpaired) electrons. The molecular weight excluding hydrogens is 568 g/mol. The molecule has 3 aromatic rings. The van der Waals surface area contributed by atoms with Crippen LogP contribution >= 0.6 is 11.6 Å². The highest BCUT2D eigenvalue weighted by atomic mass is 35.5. The van der Waals surface area contributed by atoms with Crippen LogP contribution in [0.15, 0.2) is 82.8 Å². The number of rotatable bonds is 11. The summed E-state index contributed by atoms with van der Waals surface area (Å²) in [4.78, 5) is 26.9. The van der Waals surface area contributed by atoms with Crippen LogP contribution in [0.25, 0.3) is 0 Å². The van der Waals surface area contributed by atoms with Crippen molar-refractivity contribution in [2.24, 2.45) is 5.10 Å². The number of nitrogens with zero attached hydrogens (tertiary/aromatic N) is 3. The molecule has 2 amide bonds. The minimum Gasteiger partial charge on any atom is -0.497 e. The Kier molecular flexibility index (Phi) is 10.2. The number of halogens is 1. The first kappa shape index (κ1) is 29.9. The SMILES string of the molecule is COc1ccc(S(=O)(=O)N(CC(=O)N/N=C\c2ccc(OCC(=O)N3CCCCC3)cc2)c2cccc(Cl)c2)cc1. The summed E-state index contributed by atoms with van der Waals surface area (Å²) >= 11 is 6.10. The molecule has 12 heteroatoms. The van der Waals surface area contributed by atoms with E-state index in [9.17, 15) is 18.0 Å². The fourth-order valence-corrected chi connectivity index (χ4v) is 5.79. The zero-order chi connectivity index (χ0) is 29.2. The van der Waals surface area contributed by atoms with E-state index >= 15 is 0 Å². The molecule has 1 aliphatic rings. The highest BCUT2D eigenvalue weighted by Gasteiger charge is 2.27. The number of carbonyl (C=O) groups excluding carboxylic acids is 2. The number of hydrazone groups is 1. The number of benzene rings is 3. The third-order valence-electron chi connectivity index (χ3n) is 6.38. The van der Waals surface area contributed by atoms with Gasteiger partial charge < -0.3 is 14.4 Å². The van der Waals surface area contributed by atoms with Crippen molar-refractivity contribution in [2.75, 3.05) is 37.7 Å². The number of hydrogen-bond acceptors (Lipinski definition) is 7. The highest BCUT2D eigenvalue weighted by molar-refractivity contribution is 7.92. The molecule has 0 aliphatic carbocycles. The maximum Gasteiger partial charge on any atom is 0.264 e. The maximum atomic E-state index is 13.5. The van der Waals surface area contributed by atoms with Crippen molar-refractivity contribution in [3.05, 3.63) is 83.4 Å². The Bertz CT molecular complexity index is 1470. The number of sulfonamides is 1. The standard InChI is InChI=1S/C29H31ClN4O6S/c1-39-25-12-14-27(15-13-25)41(37,38)34(24-7-5-6-23(30)18-24)20-28(35)32-31-19-22-8-10-26(11-9-22)40-21-29(36)33-16-3-2-4-17-33/h5-15,18-19H,2-4,16-17,20-21H2,1H3,(H,32,35)/b31-19-. The lowest BCUT2D eigenvalue weighted by Gasteiger charge is -2.26. The zero-order valence-corrected chi connectivity index (χ0v) is 24.1. The second-order valence-corrected chi connectivity index (χ2v) is 11.6. The number of methoxy groups -OCH3 is 1. The van der Waals surface area contributed by atoms with E-state index in [0.717, 1.165) is 36.7 Å². The highest BCUT2D eigenvalue weighted by Crippen LogP contribution is 2.27. The molecule has 41 heavy (non-hydrogen) atoms. The summed E-state index contributed by atoms with van der Waals surface area (Å²) < 4.78 is 38.6.